The second-order valence-electron chi connectivity index (χ2n) is 11.0. The summed E-state index contributed by atoms with van der Waals surface area (Å²) in [6.07, 6.45) is 12.4. The Labute approximate surface area is 265 Å². The number of allylic oxidation sites excluding steroid dienone is 2. The summed E-state index contributed by atoms with van der Waals surface area (Å²) >= 11 is 1.60. The number of unbranched alkanes of at least 4 members (excludes halogenated alkanes) is 3. The van der Waals surface area contributed by atoms with Crippen LogP contribution >= 0.6 is 0 Å². The first-order valence-electron chi connectivity index (χ1n) is 15.9. The molecule has 1 aliphatic heterocycles. The fourth-order valence-corrected chi connectivity index (χ4v) is 6.20. The summed E-state index contributed by atoms with van der Waals surface area (Å²) in [5.74, 6) is 0. The van der Waals surface area contributed by atoms with Crippen molar-refractivity contribution >= 4 is 20.5 Å². The molecule has 0 saturated heterocycles. The SMILES string of the molecule is CCCCC1=C(c2cccc(CCCC)c2)[N+](=[N-])C(c2cccc(CCCC)c2)=C1.c1cc[c]([Ni][c]2ccccc2)cc1. The minimum atomic E-state index is 0.897. The van der Waals surface area contributed by atoms with E-state index in [0.29, 0.717) is 0 Å². The Bertz CT molecular complexity index is 1460. The number of nitrogens with zero attached hydrogens (tertiary/aromatic N) is 2. The van der Waals surface area contributed by atoms with Crippen LogP contribution in [-0.2, 0) is 27.3 Å². The molecule has 0 N–H and O–H groups in total. The Morgan fingerprint density at radius 2 is 1.05 bits per heavy atom. The number of benzene rings is 4. The van der Waals surface area contributed by atoms with Crippen LogP contribution in [0, 0.1) is 0 Å². The van der Waals surface area contributed by atoms with Crippen LogP contribution in [0.1, 0.15) is 88.0 Å². The van der Waals surface area contributed by atoms with Crippen molar-refractivity contribution in [2.45, 2.75) is 78.6 Å². The average Bonchev–Trinajstić information content (AvgIpc) is 3.39. The van der Waals surface area contributed by atoms with Crippen LogP contribution in [0.15, 0.2) is 121 Å². The van der Waals surface area contributed by atoms with E-state index in [4.69, 9.17) is 0 Å². The Hall–Kier alpha value is -3.55. The van der Waals surface area contributed by atoms with E-state index in [-0.39, 0.29) is 0 Å². The predicted molar refractivity (Wildman–Crippen MR) is 180 cm³/mol. The van der Waals surface area contributed by atoms with E-state index < -0.39 is 0 Å². The molecule has 5 rings (SSSR count). The first-order chi connectivity index (χ1) is 21.1. The van der Waals surface area contributed by atoms with Gasteiger partial charge in [-0.2, -0.15) is 0 Å². The summed E-state index contributed by atoms with van der Waals surface area (Å²) in [7, 11) is 0. The molecule has 0 aromatic heterocycles. The molecular weight excluding hydrogens is 567 g/mol. The molecule has 4 aromatic carbocycles. The summed E-state index contributed by atoms with van der Waals surface area (Å²) < 4.78 is 4.05. The molecular formula is C40H46N2Ni. The molecule has 4 aromatic rings. The third-order valence-electron chi connectivity index (χ3n) is 7.52. The van der Waals surface area contributed by atoms with Crippen LogP contribution in [0.4, 0.5) is 0 Å². The Balaban J connectivity index is 0.000000269. The molecule has 0 fully saturated rings. The van der Waals surface area contributed by atoms with Gasteiger partial charge < -0.3 is 5.53 Å². The molecule has 2 nitrogen and oxygen atoms in total. The van der Waals surface area contributed by atoms with E-state index in [2.05, 4.69) is 124 Å². The molecule has 43 heavy (non-hydrogen) atoms. The van der Waals surface area contributed by atoms with Crippen molar-refractivity contribution in [2.24, 2.45) is 0 Å². The van der Waals surface area contributed by atoms with Gasteiger partial charge in [0.2, 0.25) is 11.4 Å². The van der Waals surface area contributed by atoms with Crippen molar-refractivity contribution in [1.82, 2.24) is 0 Å². The Morgan fingerprint density at radius 1 is 0.558 bits per heavy atom. The van der Waals surface area contributed by atoms with Crippen LogP contribution in [0.3, 0.4) is 0 Å². The van der Waals surface area contributed by atoms with Gasteiger partial charge in [-0.25, -0.2) is 4.70 Å². The quantitative estimate of drug-likeness (QED) is 0.106. The zero-order chi connectivity index (χ0) is 30.3. The molecule has 0 bridgehead atoms. The normalized spacial score (nSPS) is 12.7. The van der Waals surface area contributed by atoms with Gasteiger partial charge in [-0.15, -0.1) is 0 Å². The van der Waals surface area contributed by atoms with Gasteiger partial charge in [-0.05, 0) is 73.9 Å². The molecule has 0 aliphatic carbocycles. The molecule has 0 spiro atoms. The van der Waals surface area contributed by atoms with Gasteiger partial charge >= 0.3 is 84.2 Å². The number of aryl methyl sites for hydroxylation is 2. The van der Waals surface area contributed by atoms with Crippen LogP contribution in [0.2, 0.25) is 0 Å². The summed E-state index contributed by atoms with van der Waals surface area (Å²) in [5.41, 5.74) is 19.3. The molecule has 0 unspecified atom stereocenters. The van der Waals surface area contributed by atoms with Crippen LogP contribution in [0.5, 0.6) is 0 Å². The van der Waals surface area contributed by atoms with E-state index in [0.717, 1.165) is 54.6 Å². The summed E-state index contributed by atoms with van der Waals surface area (Å²) in [6, 6.07) is 38.3. The number of hydrogen-bond acceptors (Lipinski definition) is 0. The van der Waals surface area contributed by atoms with Crippen LogP contribution in [0.25, 0.3) is 16.9 Å². The van der Waals surface area contributed by atoms with E-state index >= 15 is 0 Å². The van der Waals surface area contributed by atoms with Crippen molar-refractivity contribution in [1.29, 1.82) is 0 Å². The van der Waals surface area contributed by atoms with E-state index in [1.807, 2.05) is 12.1 Å². The molecule has 0 radical (unpaired) electrons. The topological polar surface area (TPSA) is 25.3 Å². The van der Waals surface area contributed by atoms with E-state index in [1.54, 1.807) is 14.4 Å². The predicted octanol–water partition coefficient (Wildman–Crippen LogP) is 10.1. The van der Waals surface area contributed by atoms with Crippen molar-refractivity contribution in [2.75, 3.05) is 0 Å². The molecule has 0 saturated carbocycles. The molecule has 0 atom stereocenters. The summed E-state index contributed by atoms with van der Waals surface area (Å²) in [6.45, 7) is 6.68. The fraction of sp³-hybridized carbons (Fsp3) is 0.300. The average molecular weight is 614 g/mol. The molecule has 1 aliphatic rings. The Morgan fingerprint density at radius 3 is 1.58 bits per heavy atom. The second kappa shape index (κ2) is 17.5. The fourth-order valence-electron chi connectivity index (χ4n) is 5.16. The monoisotopic (exact) mass is 612 g/mol. The first kappa shape index (κ1) is 32.4. The van der Waals surface area contributed by atoms with Crippen molar-refractivity contribution < 1.29 is 19.1 Å². The summed E-state index contributed by atoms with van der Waals surface area (Å²) in [4.78, 5) is 0. The zero-order valence-electron chi connectivity index (χ0n) is 26.0. The second-order valence-corrected chi connectivity index (χ2v) is 12.4. The zero-order valence-corrected chi connectivity index (χ0v) is 27.0. The Kier molecular flexibility index (Phi) is 13.2. The van der Waals surface area contributed by atoms with Crippen molar-refractivity contribution in [3.05, 3.63) is 149 Å². The standard InChI is InChI=1S/C28H36N2.2C6H5.Ni/c1-4-7-12-22-14-10-17-24(19-22)27-21-26(16-9-6-3)28(30(27)29)25-18-11-15-23(20-25)13-8-5-2;2*1-2-4-6-5-3-1;/h10-11,14-15,17-21H,4-9,12-13,16H2,1-3H3;2*1-5H;. The molecule has 226 valence electrons. The molecule has 0 amide bonds. The van der Waals surface area contributed by atoms with Gasteiger partial charge in [0.25, 0.3) is 0 Å². The number of rotatable bonds is 13. The van der Waals surface area contributed by atoms with Crippen LogP contribution < -0.4 is 9.07 Å². The van der Waals surface area contributed by atoms with Crippen molar-refractivity contribution in [3.63, 3.8) is 0 Å². The molecule has 3 heteroatoms. The maximum absolute atomic E-state index is 11.3. The van der Waals surface area contributed by atoms with Crippen LogP contribution in [-0.4, -0.2) is 4.70 Å². The molecule has 1 heterocycles. The van der Waals surface area contributed by atoms with Crippen molar-refractivity contribution in [3.8, 4) is 0 Å². The van der Waals surface area contributed by atoms with Gasteiger partial charge in [0.15, 0.2) is 0 Å². The van der Waals surface area contributed by atoms with Gasteiger partial charge in [-0.1, -0.05) is 64.3 Å². The summed E-state index contributed by atoms with van der Waals surface area (Å²) in [5, 5.41) is 0. The van der Waals surface area contributed by atoms with E-state index in [9.17, 15) is 5.53 Å². The maximum atomic E-state index is 11.3. The third kappa shape index (κ3) is 9.73. The first-order valence-corrected chi connectivity index (χ1v) is 16.9. The minimum absolute atomic E-state index is 0.897. The van der Waals surface area contributed by atoms with Gasteiger partial charge in [0.05, 0.1) is 0 Å². The third-order valence-corrected chi connectivity index (χ3v) is 8.75. The van der Waals surface area contributed by atoms with Gasteiger partial charge in [0, 0.05) is 22.8 Å². The van der Waals surface area contributed by atoms with Gasteiger partial charge in [-0.3, -0.25) is 0 Å². The van der Waals surface area contributed by atoms with Gasteiger partial charge in [0.1, 0.15) is 0 Å². The van der Waals surface area contributed by atoms with E-state index in [1.165, 1.54) is 56.1 Å². The number of hydrogen-bond donors (Lipinski definition) is 0.